The molecular formula is C12H11FO. The number of fused-ring (bicyclic) bond motifs is 2. The molecule has 2 heteroatoms. The normalized spacial score (nSPS) is 22.2. The fourth-order valence-corrected chi connectivity index (χ4v) is 2.72. The van der Waals surface area contributed by atoms with Crippen molar-refractivity contribution in [2.45, 2.75) is 31.1 Å². The Morgan fingerprint density at radius 3 is 2.71 bits per heavy atom. The summed E-state index contributed by atoms with van der Waals surface area (Å²) < 4.78 is 13.1. The summed E-state index contributed by atoms with van der Waals surface area (Å²) in [6.07, 6.45) is 3.45. The van der Waals surface area contributed by atoms with Gasteiger partial charge in [-0.1, -0.05) is 12.5 Å². The molecule has 2 aliphatic rings. The summed E-state index contributed by atoms with van der Waals surface area (Å²) in [6, 6.07) is 4.76. The second-order valence-electron chi connectivity index (χ2n) is 4.34. The maximum absolute atomic E-state index is 13.1. The molecule has 2 aliphatic carbocycles. The van der Waals surface area contributed by atoms with Crippen LogP contribution in [0.25, 0.3) is 0 Å². The summed E-state index contributed by atoms with van der Waals surface area (Å²) in [5.41, 5.74) is 1.72. The molecule has 0 aromatic heterocycles. The van der Waals surface area contributed by atoms with Crippen LogP contribution in [0.1, 0.15) is 30.4 Å². The molecule has 1 aromatic carbocycles. The third-order valence-corrected chi connectivity index (χ3v) is 3.68. The Hall–Kier alpha value is -1.18. The average Bonchev–Trinajstić information content (AvgIpc) is 2.35. The van der Waals surface area contributed by atoms with Crippen molar-refractivity contribution in [3.05, 3.63) is 35.1 Å². The second kappa shape index (κ2) is 2.44. The molecule has 1 spiro atoms. The van der Waals surface area contributed by atoms with E-state index in [-0.39, 0.29) is 11.2 Å². The van der Waals surface area contributed by atoms with E-state index in [1.807, 2.05) is 0 Å². The van der Waals surface area contributed by atoms with E-state index in [1.54, 1.807) is 12.1 Å². The molecule has 0 aliphatic heterocycles. The summed E-state index contributed by atoms with van der Waals surface area (Å²) in [7, 11) is 0. The lowest BCUT2D eigenvalue weighted by atomic mass is 9.64. The van der Waals surface area contributed by atoms with Crippen molar-refractivity contribution < 1.29 is 9.18 Å². The molecular weight excluding hydrogens is 179 g/mol. The molecule has 0 radical (unpaired) electrons. The Balaban J connectivity index is 2.20. The fourth-order valence-electron chi connectivity index (χ4n) is 2.72. The quantitative estimate of drug-likeness (QED) is 0.613. The molecule has 0 N–H and O–H groups in total. The summed E-state index contributed by atoms with van der Waals surface area (Å²) in [4.78, 5) is 11.8. The van der Waals surface area contributed by atoms with Crippen LogP contribution in [0.5, 0.6) is 0 Å². The van der Waals surface area contributed by atoms with E-state index in [4.69, 9.17) is 0 Å². The minimum Gasteiger partial charge on any atom is -0.298 e. The first kappa shape index (κ1) is 8.16. The van der Waals surface area contributed by atoms with E-state index in [2.05, 4.69) is 0 Å². The number of carbonyl (C=O) groups is 1. The van der Waals surface area contributed by atoms with Gasteiger partial charge in [0.15, 0.2) is 0 Å². The van der Waals surface area contributed by atoms with Crippen LogP contribution in [0.4, 0.5) is 4.39 Å². The van der Waals surface area contributed by atoms with Crippen LogP contribution < -0.4 is 0 Å². The minimum atomic E-state index is -0.280. The number of carbonyl (C=O) groups excluding carboxylic acids is 1. The van der Waals surface area contributed by atoms with E-state index in [9.17, 15) is 9.18 Å². The standard InChI is InChI=1S/C12H11FO/c13-9-3-2-8-6-11(14)12(4-1-5-12)10(8)7-9/h2-3,7H,1,4-6H2. The minimum absolute atomic E-state index is 0.218. The largest absolute Gasteiger partial charge is 0.298 e. The van der Waals surface area contributed by atoms with Crippen molar-refractivity contribution >= 4 is 5.78 Å². The lowest BCUT2D eigenvalue weighted by molar-refractivity contribution is -0.125. The van der Waals surface area contributed by atoms with Gasteiger partial charge in [-0.2, -0.15) is 0 Å². The number of ketones is 1. The maximum Gasteiger partial charge on any atom is 0.147 e. The van der Waals surface area contributed by atoms with Gasteiger partial charge < -0.3 is 0 Å². The number of halogens is 1. The average molecular weight is 190 g/mol. The molecule has 1 aromatic rings. The van der Waals surface area contributed by atoms with Gasteiger partial charge in [-0.15, -0.1) is 0 Å². The van der Waals surface area contributed by atoms with Crippen LogP contribution in [0.15, 0.2) is 18.2 Å². The van der Waals surface area contributed by atoms with Crippen molar-refractivity contribution in [3.63, 3.8) is 0 Å². The van der Waals surface area contributed by atoms with Gasteiger partial charge in [-0.3, -0.25) is 4.79 Å². The molecule has 14 heavy (non-hydrogen) atoms. The highest BCUT2D eigenvalue weighted by Crippen LogP contribution is 2.50. The highest BCUT2D eigenvalue weighted by Gasteiger charge is 2.50. The van der Waals surface area contributed by atoms with Gasteiger partial charge in [0.1, 0.15) is 11.6 Å². The van der Waals surface area contributed by atoms with Crippen LogP contribution in [-0.2, 0) is 16.6 Å². The Bertz CT molecular complexity index is 418. The van der Waals surface area contributed by atoms with Crippen LogP contribution in [0.3, 0.4) is 0 Å². The summed E-state index contributed by atoms with van der Waals surface area (Å²) in [5.74, 6) is 0.0778. The van der Waals surface area contributed by atoms with E-state index in [0.29, 0.717) is 12.2 Å². The summed E-state index contributed by atoms with van der Waals surface area (Å²) >= 11 is 0. The predicted octanol–water partition coefficient (Wildman–Crippen LogP) is 2.37. The molecule has 1 nitrogen and oxygen atoms in total. The topological polar surface area (TPSA) is 17.1 Å². The van der Waals surface area contributed by atoms with E-state index in [1.165, 1.54) is 6.07 Å². The molecule has 0 amide bonds. The molecule has 3 rings (SSSR count). The number of Topliss-reactive ketones (excluding diaryl/α,β-unsaturated/α-hetero) is 1. The molecule has 0 saturated heterocycles. The number of hydrogen-bond donors (Lipinski definition) is 0. The highest BCUT2D eigenvalue weighted by atomic mass is 19.1. The first-order valence-electron chi connectivity index (χ1n) is 5.05. The summed E-state index contributed by atoms with van der Waals surface area (Å²) in [6.45, 7) is 0. The number of benzene rings is 1. The second-order valence-corrected chi connectivity index (χ2v) is 4.34. The lowest BCUT2D eigenvalue weighted by Gasteiger charge is -2.37. The zero-order valence-corrected chi connectivity index (χ0v) is 7.85. The van der Waals surface area contributed by atoms with Gasteiger partial charge in [0.25, 0.3) is 0 Å². The third-order valence-electron chi connectivity index (χ3n) is 3.68. The molecule has 0 heterocycles. The van der Waals surface area contributed by atoms with Crippen LogP contribution in [-0.4, -0.2) is 5.78 Å². The lowest BCUT2D eigenvalue weighted by Crippen LogP contribution is -2.39. The Morgan fingerprint density at radius 1 is 1.29 bits per heavy atom. The van der Waals surface area contributed by atoms with E-state index in [0.717, 1.165) is 30.4 Å². The first-order chi connectivity index (χ1) is 6.72. The van der Waals surface area contributed by atoms with Gasteiger partial charge in [0.2, 0.25) is 0 Å². The maximum atomic E-state index is 13.1. The van der Waals surface area contributed by atoms with Crippen LogP contribution in [0.2, 0.25) is 0 Å². The van der Waals surface area contributed by atoms with Crippen LogP contribution in [0, 0.1) is 5.82 Å². The van der Waals surface area contributed by atoms with Crippen molar-refractivity contribution in [1.82, 2.24) is 0 Å². The Kier molecular flexibility index (Phi) is 1.42. The van der Waals surface area contributed by atoms with Crippen molar-refractivity contribution in [1.29, 1.82) is 0 Å². The molecule has 1 saturated carbocycles. The number of rotatable bonds is 0. The van der Waals surface area contributed by atoms with Gasteiger partial charge in [0, 0.05) is 6.42 Å². The zero-order valence-electron chi connectivity index (χ0n) is 7.85. The van der Waals surface area contributed by atoms with Gasteiger partial charge in [0.05, 0.1) is 5.41 Å². The zero-order chi connectivity index (χ0) is 9.76. The van der Waals surface area contributed by atoms with Crippen LogP contribution >= 0.6 is 0 Å². The van der Waals surface area contributed by atoms with Crippen molar-refractivity contribution in [2.24, 2.45) is 0 Å². The fraction of sp³-hybridized carbons (Fsp3) is 0.417. The van der Waals surface area contributed by atoms with Gasteiger partial charge in [-0.25, -0.2) is 4.39 Å². The Labute approximate surface area is 81.9 Å². The Morgan fingerprint density at radius 2 is 2.07 bits per heavy atom. The van der Waals surface area contributed by atoms with Crippen molar-refractivity contribution in [2.75, 3.05) is 0 Å². The predicted molar refractivity (Wildman–Crippen MR) is 50.6 cm³/mol. The number of hydrogen-bond acceptors (Lipinski definition) is 1. The van der Waals surface area contributed by atoms with Crippen molar-refractivity contribution in [3.8, 4) is 0 Å². The summed E-state index contributed by atoms with van der Waals surface area (Å²) in [5, 5.41) is 0. The highest BCUT2D eigenvalue weighted by molar-refractivity contribution is 5.97. The first-order valence-corrected chi connectivity index (χ1v) is 5.05. The monoisotopic (exact) mass is 190 g/mol. The molecule has 0 atom stereocenters. The molecule has 0 unspecified atom stereocenters. The molecule has 1 fully saturated rings. The SMILES string of the molecule is O=C1Cc2ccc(F)cc2C12CCC2. The van der Waals surface area contributed by atoms with Gasteiger partial charge >= 0.3 is 0 Å². The smallest absolute Gasteiger partial charge is 0.147 e. The third kappa shape index (κ3) is 0.813. The van der Waals surface area contributed by atoms with Gasteiger partial charge in [-0.05, 0) is 36.1 Å². The van der Waals surface area contributed by atoms with E-state index >= 15 is 0 Å². The molecule has 0 bridgehead atoms. The molecule has 72 valence electrons. The van der Waals surface area contributed by atoms with E-state index < -0.39 is 0 Å².